The summed E-state index contributed by atoms with van der Waals surface area (Å²) >= 11 is 0. The fourth-order valence-electron chi connectivity index (χ4n) is 3.06. The van der Waals surface area contributed by atoms with Crippen molar-refractivity contribution in [2.24, 2.45) is 5.92 Å². The van der Waals surface area contributed by atoms with E-state index in [9.17, 15) is 4.79 Å². The summed E-state index contributed by atoms with van der Waals surface area (Å²) in [5.74, 6) is 0.882. The molecule has 1 fully saturated rings. The van der Waals surface area contributed by atoms with Crippen molar-refractivity contribution in [2.45, 2.75) is 12.8 Å². The molecular formula is C18H21N7O2. The summed E-state index contributed by atoms with van der Waals surface area (Å²) in [7, 11) is 3.68. The number of amides is 1. The van der Waals surface area contributed by atoms with Gasteiger partial charge in [-0.05, 0) is 50.2 Å². The molecule has 2 aromatic heterocycles. The van der Waals surface area contributed by atoms with E-state index in [1.165, 1.54) is 0 Å². The maximum atomic E-state index is 12.4. The molecule has 0 spiro atoms. The predicted molar refractivity (Wildman–Crippen MR) is 101 cm³/mol. The van der Waals surface area contributed by atoms with Crippen LogP contribution < -0.4 is 15.5 Å². The van der Waals surface area contributed by atoms with Crippen molar-refractivity contribution < 1.29 is 9.21 Å². The normalized spacial score (nSPS) is 15.0. The maximum absolute atomic E-state index is 12.4. The van der Waals surface area contributed by atoms with Crippen LogP contribution in [0.25, 0.3) is 22.4 Å². The fourth-order valence-corrected chi connectivity index (χ4v) is 3.06. The Bertz CT molecular complexity index is 963. The first-order valence-corrected chi connectivity index (χ1v) is 8.90. The lowest BCUT2D eigenvalue weighted by Crippen LogP contribution is -2.34. The van der Waals surface area contributed by atoms with E-state index in [1.807, 2.05) is 38.4 Å². The summed E-state index contributed by atoms with van der Waals surface area (Å²) < 4.78 is 5.65. The molecule has 9 heteroatoms. The van der Waals surface area contributed by atoms with Crippen molar-refractivity contribution >= 4 is 28.6 Å². The van der Waals surface area contributed by atoms with E-state index in [2.05, 4.69) is 31.0 Å². The average Bonchev–Trinajstić information content (AvgIpc) is 3.19. The van der Waals surface area contributed by atoms with Crippen LogP contribution in [0, 0.1) is 5.92 Å². The van der Waals surface area contributed by atoms with Crippen LogP contribution in [-0.4, -0.2) is 53.5 Å². The molecule has 0 radical (unpaired) electrons. The Morgan fingerprint density at radius 2 is 1.96 bits per heavy atom. The van der Waals surface area contributed by atoms with E-state index >= 15 is 0 Å². The molecule has 0 bridgehead atoms. The van der Waals surface area contributed by atoms with Crippen LogP contribution >= 0.6 is 0 Å². The third-order valence-electron chi connectivity index (χ3n) is 4.59. The summed E-state index contributed by atoms with van der Waals surface area (Å²) in [6.45, 7) is 1.73. The van der Waals surface area contributed by atoms with Crippen molar-refractivity contribution in [1.82, 2.24) is 25.7 Å². The van der Waals surface area contributed by atoms with Gasteiger partial charge < -0.3 is 20.0 Å². The van der Waals surface area contributed by atoms with Crippen molar-refractivity contribution in [3.63, 3.8) is 0 Å². The largest absolute Gasteiger partial charge is 0.403 e. The SMILES string of the molecule is CN(C)c1nnc(-c2ccc3nnc(NC(=O)C4CCNCC4)cc3c2)o1. The fraction of sp³-hybridized carbons (Fsp3) is 0.389. The Kier molecular flexibility index (Phi) is 4.68. The minimum atomic E-state index is -0.00571. The zero-order valence-corrected chi connectivity index (χ0v) is 15.3. The first-order valence-electron chi connectivity index (χ1n) is 8.90. The van der Waals surface area contributed by atoms with Gasteiger partial charge in [0.05, 0.1) is 5.52 Å². The lowest BCUT2D eigenvalue weighted by molar-refractivity contribution is -0.120. The lowest BCUT2D eigenvalue weighted by atomic mass is 9.97. The lowest BCUT2D eigenvalue weighted by Gasteiger charge is -2.21. The second-order valence-corrected chi connectivity index (χ2v) is 6.80. The Morgan fingerprint density at radius 3 is 2.70 bits per heavy atom. The number of benzene rings is 1. The first kappa shape index (κ1) is 17.3. The van der Waals surface area contributed by atoms with Crippen LogP contribution in [-0.2, 0) is 4.79 Å². The number of rotatable bonds is 4. The van der Waals surface area contributed by atoms with E-state index in [0.29, 0.717) is 17.7 Å². The van der Waals surface area contributed by atoms with Crippen molar-refractivity contribution in [3.05, 3.63) is 24.3 Å². The molecule has 1 aliphatic heterocycles. The van der Waals surface area contributed by atoms with Gasteiger partial charge in [-0.15, -0.1) is 15.3 Å². The molecule has 4 rings (SSSR count). The number of aromatic nitrogens is 4. The van der Waals surface area contributed by atoms with E-state index in [-0.39, 0.29) is 11.8 Å². The molecule has 2 N–H and O–H groups in total. The van der Waals surface area contributed by atoms with Crippen LogP contribution in [0.1, 0.15) is 12.8 Å². The number of carbonyl (C=O) groups excluding carboxylic acids is 1. The van der Waals surface area contributed by atoms with Gasteiger partial charge in [0.2, 0.25) is 11.8 Å². The number of nitrogens with zero attached hydrogens (tertiary/aromatic N) is 5. The number of hydrogen-bond donors (Lipinski definition) is 2. The molecule has 9 nitrogen and oxygen atoms in total. The molecule has 3 heterocycles. The molecule has 27 heavy (non-hydrogen) atoms. The van der Waals surface area contributed by atoms with E-state index < -0.39 is 0 Å². The third kappa shape index (κ3) is 3.72. The van der Waals surface area contributed by atoms with E-state index in [0.717, 1.165) is 42.4 Å². The highest BCUT2D eigenvalue weighted by atomic mass is 16.4. The van der Waals surface area contributed by atoms with Gasteiger partial charge in [-0.1, -0.05) is 5.10 Å². The van der Waals surface area contributed by atoms with E-state index in [4.69, 9.17) is 4.42 Å². The van der Waals surface area contributed by atoms with Crippen LogP contribution in [0.5, 0.6) is 0 Å². The van der Waals surface area contributed by atoms with Crippen molar-refractivity contribution in [1.29, 1.82) is 0 Å². The van der Waals surface area contributed by atoms with Crippen LogP contribution in [0.4, 0.5) is 11.8 Å². The van der Waals surface area contributed by atoms with Crippen LogP contribution in [0.3, 0.4) is 0 Å². The molecule has 0 atom stereocenters. The quantitative estimate of drug-likeness (QED) is 0.717. The van der Waals surface area contributed by atoms with Gasteiger partial charge in [-0.25, -0.2) is 0 Å². The Hall–Kier alpha value is -3.07. The summed E-state index contributed by atoms with van der Waals surface area (Å²) in [6, 6.07) is 7.85. The number of anilines is 2. The Morgan fingerprint density at radius 1 is 1.15 bits per heavy atom. The molecule has 0 aliphatic carbocycles. The average molecular weight is 367 g/mol. The molecule has 140 valence electrons. The highest BCUT2D eigenvalue weighted by molar-refractivity contribution is 5.93. The smallest absolute Gasteiger partial charge is 0.317 e. The second kappa shape index (κ2) is 7.28. The summed E-state index contributed by atoms with van der Waals surface area (Å²) in [5, 5.41) is 23.4. The minimum Gasteiger partial charge on any atom is -0.403 e. The topological polar surface area (TPSA) is 109 Å². The van der Waals surface area contributed by atoms with Gasteiger partial charge in [0.1, 0.15) is 0 Å². The number of nitrogens with one attached hydrogen (secondary N) is 2. The highest BCUT2D eigenvalue weighted by Gasteiger charge is 2.21. The van der Waals surface area contributed by atoms with Gasteiger partial charge >= 0.3 is 6.01 Å². The van der Waals surface area contributed by atoms with Gasteiger partial charge in [0, 0.05) is 31.0 Å². The third-order valence-corrected chi connectivity index (χ3v) is 4.59. The molecule has 3 aromatic rings. The summed E-state index contributed by atoms with van der Waals surface area (Å²) in [5.41, 5.74) is 1.51. The Balaban J connectivity index is 1.57. The van der Waals surface area contributed by atoms with Gasteiger partial charge in [0.25, 0.3) is 0 Å². The first-order chi connectivity index (χ1) is 13.1. The molecule has 1 saturated heterocycles. The molecular weight excluding hydrogens is 346 g/mol. The Labute approximate surface area is 156 Å². The molecule has 1 aliphatic rings. The minimum absolute atomic E-state index is 0.00571. The van der Waals surface area contributed by atoms with Crippen molar-refractivity contribution in [3.8, 4) is 11.5 Å². The van der Waals surface area contributed by atoms with Gasteiger partial charge in [-0.2, -0.15) is 0 Å². The number of piperidine rings is 1. The maximum Gasteiger partial charge on any atom is 0.317 e. The standard InChI is InChI=1S/C18H21N7O2/c1-25(2)18-24-23-17(27-18)12-3-4-14-13(9-12)10-15(22-21-14)20-16(26)11-5-7-19-8-6-11/h3-4,9-11,19H,5-8H2,1-2H3,(H,20,22,26). The molecule has 1 aromatic carbocycles. The molecule has 0 unspecified atom stereocenters. The summed E-state index contributed by atoms with van der Waals surface area (Å²) in [6.07, 6.45) is 1.67. The molecule has 0 saturated carbocycles. The monoisotopic (exact) mass is 367 g/mol. The predicted octanol–water partition coefficient (Wildman–Crippen LogP) is 1.68. The zero-order valence-electron chi connectivity index (χ0n) is 15.3. The number of fused-ring (bicyclic) bond motifs is 1. The van der Waals surface area contributed by atoms with Crippen LogP contribution in [0.15, 0.2) is 28.7 Å². The molecule has 1 amide bonds. The summed E-state index contributed by atoms with van der Waals surface area (Å²) in [4.78, 5) is 14.2. The second-order valence-electron chi connectivity index (χ2n) is 6.80. The zero-order chi connectivity index (χ0) is 18.8. The number of hydrogen-bond acceptors (Lipinski definition) is 8. The van der Waals surface area contributed by atoms with E-state index in [1.54, 1.807) is 4.90 Å². The highest BCUT2D eigenvalue weighted by Crippen LogP contribution is 2.25. The van der Waals surface area contributed by atoms with Gasteiger partial charge in [0.15, 0.2) is 5.82 Å². The number of carbonyl (C=O) groups is 1. The van der Waals surface area contributed by atoms with Crippen LogP contribution in [0.2, 0.25) is 0 Å². The van der Waals surface area contributed by atoms with Gasteiger partial charge in [-0.3, -0.25) is 4.79 Å². The van der Waals surface area contributed by atoms with Crippen molar-refractivity contribution in [2.75, 3.05) is 37.4 Å².